The summed E-state index contributed by atoms with van der Waals surface area (Å²) in [7, 11) is 3.23. The predicted octanol–water partition coefficient (Wildman–Crippen LogP) is 7.10. The zero-order chi connectivity index (χ0) is 27.2. The standard InChI is InChI=1S/C28H24BrClN2O5S/c1-4-36-27(34)17-9-11-20(12-10-17)31-28-32(2)26(33)25(38-28)14-19-13-23(35-3)24(15-21(19)29)37-16-18-7-5-6-8-22(18)30/h5-15H,4,16H2,1-3H3. The van der Waals surface area contributed by atoms with Crippen molar-refractivity contribution in [1.82, 2.24) is 4.90 Å². The van der Waals surface area contributed by atoms with E-state index in [2.05, 4.69) is 20.9 Å². The molecule has 196 valence electrons. The molecule has 1 saturated heterocycles. The molecule has 0 unspecified atom stereocenters. The van der Waals surface area contributed by atoms with Gasteiger partial charge >= 0.3 is 5.97 Å². The molecule has 3 aromatic rings. The molecular weight excluding hydrogens is 592 g/mol. The molecule has 1 aliphatic heterocycles. The summed E-state index contributed by atoms with van der Waals surface area (Å²) in [5, 5.41) is 1.15. The minimum absolute atomic E-state index is 0.179. The smallest absolute Gasteiger partial charge is 0.338 e. The Morgan fingerprint density at radius 2 is 1.87 bits per heavy atom. The highest BCUT2D eigenvalue weighted by atomic mass is 79.9. The lowest BCUT2D eigenvalue weighted by Gasteiger charge is -2.13. The molecule has 0 spiro atoms. The Labute approximate surface area is 238 Å². The number of likely N-dealkylation sites (N-methyl/N-ethyl adjacent to an activating group) is 1. The van der Waals surface area contributed by atoms with Gasteiger partial charge in [-0.15, -0.1) is 0 Å². The van der Waals surface area contributed by atoms with Gasteiger partial charge in [-0.3, -0.25) is 9.69 Å². The molecule has 10 heteroatoms. The van der Waals surface area contributed by atoms with E-state index in [9.17, 15) is 9.59 Å². The van der Waals surface area contributed by atoms with E-state index in [1.807, 2.05) is 24.3 Å². The lowest BCUT2D eigenvalue weighted by Crippen LogP contribution is -2.23. The van der Waals surface area contributed by atoms with Crippen LogP contribution in [0.5, 0.6) is 11.5 Å². The number of carbonyl (C=O) groups is 2. The first kappa shape index (κ1) is 27.8. The van der Waals surface area contributed by atoms with Crippen molar-refractivity contribution < 1.29 is 23.8 Å². The van der Waals surface area contributed by atoms with Gasteiger partial charge in [-0.25, -0.2) is 9.79 Å². The van der Waals surface area contributed by atoms with Crippen LogP contribution in [0.1, 0.15) is 28.4 Å². The van der Waals surface area contributed by atoms with Crippen molar-refractivity contribution in [2.75, 3.05) is 20.8 Å². The summed E-state index contributed by atoms with van der Waals surface area (Å²) < 4.78 is 17.3. The second kappa shape index (κ2) is 12.5. The maximum atomic E-state index is 13.0. The SMILES string of the molecule is CCOC(=O)c1ccc(N=C2SC(=Cc3cc(OC)c(OCc4ccccc4Cl)cc3Br)C(=O)N2C)cc1. The van der Waals surface area contributed by atoms with Crippen LogP contribution in [0.2, 0.25) is 5.02 Å². The van der Waals surface area contributed by atoms with Gasteiger partial charge < -0.3 is 14.2 Å². The number of aliphatic imine (C=N–C) groups is 1. The number of esters is 1. The lowest BCUT2D eigenvalue weighted by atomic mass is 10.1. The second-order valence-electron chi connectivity index (χ2n) is 8.04. The van der Waals surface area contributed by atoms with Crippen molar-refractivity contribution in [1.29, 1.82) is 0 Å². The first-order valence-electron chi connectivity index (χ1n) is 11.6. The fourth-order valence-corrected chi connectivity index (χ4v) is 5.10. The number of amides is 1. The Morgan fingerprint density at radius 3 is 2.55 bits per heavy atom. The molecule has 38 heavy (non-hydrogen) atoms. The number of rotatable bonds is 8. The number of hydrogen-bond donors (Lipinski definition) is 0. The van der Waals surface area contributed by atoms with Crippen molar-refractivity contribution in [3.8, 4) is 11.5 Å². The molecule has 1 aliphatic rings. The van der Waals surface area contributed by atoms with Crippen LogP contribution in [-0.2, 0) is 16.1 Å². The van der Waals surface area contributed by atoms with Crippen LogP contribution in [0.4, 0.5) is 5.69 Å². The number of hydrogen-bond acceptors (Lipinski definition) is 7. The molecular formula is C28H24BrClN2O5S. The van der Waals surface area contributed by atoms with Gasteiger partial charge in [-0.1, -0.05) is 45.7 Å². The molecule has 0 N–H and O–H groups in total. The topological polar surface area (TPSA) is 77.4 Å². The molecule has 1 amide bonds. The van der Waals surface area contributed by atoms with Crippen molar-refractivity contribution in [3.63, 3.8) is 0 Å². The minimum atomic E-state index is -0.388. The molecule has 0 aliphatic carbocycles. The first-order valence-corrected chi connectivity index (χ1v) is 13.6. The number of carbonyl (C=O) groups excluding carboxylic acids is 2. The summed E-state index contributed by atoms with van der Waals surface area (Å²) in [6, 6.07) is 17.8. The van der Waals surface area contributed by atoms with Crippen molar-refractivity contribution in [2.45, 2.75) is 13.5 Å². The molecule has 4 rings (SSSR count). The fraction of sp³-hybridized carbons (Fsp3) is 0.179. The third-order valence-electron chi connectivity index (χ3n) is 5.52. The number of ether oxygens (including phenoxy) is 3. The zero-order valence-corrected chi connectivity index (χ0v) is 24.0. The molecule has 0 atom stereocenters. The number of benzene rings is 3. The van der Waals surface area contributed by atoms with Crippen LogP contribution in [0.3, 0.4) is 0 Å². The van der Waals surface area contributed by atoms with E-state index in [1.54, 1.807) is 63.6 Å². The lowest BCUT2D eigenvalue weighted by molar-refractivity contribution is -0.121. The molecule has 3 aromatic carbocycles. The van der Waals surface area contributed by atoms with Crippen LogP contribution in [0.15, 0.2) is 75.0 Å². The summed E-state index contributed by atoms with van der Waals surface area (Å²) in [5.41, 5.74) is 2.66. The third-order valence-corrected chi connectivity index (χ3v) is 7.63. The number of nitrogens with zero attached hydrogens (tertiary/aromatic N) is 2. The molecule has 0 aromatic heterocycles. The van der Waals surface area contributed by atoms with Crippen LogP contribution < -0.4 is 9.47 Å². The third kappa shape index (κ3) is 6.40. The maximum absolute atomic E-state index is 13.0. The molecule has 0 saturated carbocycles. The Bertz CT molecular complexity index is 1430. The van der Waals surface area contributed by atoms with Crippen molar-refractivity contribution in [3.05, 3.63) is 91.8 Å². The normalized spacial score (nSPS) is 15.3. The minimum Gasteiger partial charge on any atom is -0.493 e. The van der Waals surface area contributed by atoms with Crippen LogP contribution in [0, 0.1) is 0 Å². The average molecular weight is 616 g/mol. The van der Waals surface area contributed by atoms with E-state index in [-0.39, 0.29) is 18.5 Å². The monoisotopic (exact) mass is 614 g/mol. The van der Waals surface area contributed by atoms with Gasteiger partial charge in [0.25, 0.3) is 5.91 Å². The van der Waals surface area contributed by atoms with Crippen LogP contribution in [0.25, 0.3) is 6.08 Å². The summed E-state index contributed by atoms with van der Waals surface area (Å²) in [6.07, 6.45) is 1.78. The Balaban J connectivity index is 1.54. The molecule has 1 heterocycles. The van der Waals surface area contributed by atoms with Gasteiger partial charge in [-0.05, 0) is 72.8 Å². The van der Waals surface area contributed by atoms with E-state index in [0.29, 0.717) is 44.5 Å². The summed E-state index contributed by atoms with van der Waals surface area (Å²) >= 11 is 11.1. The maximum Gasteiger partial charge on any atom is 0.338 e. The Hall–Kier alpha value is -3.27. The van der Waals surface area contributed by atoms with E-state index in [0.717, 1.165) is 15.6 Å². The van der Waals surface area contributed by atoms with E-state index >= 15 is 0 Å². The average Bonchev–Trinajstić information content (AvgIpc) is 3.17. The van der Waals surface area contributed by atoms with Gasteiger partial charge in [0.15, 0.2) is 16.7 Å². The van der Waals surface area contributed by atoms with Gasteiger partial charge in [0, 0.05) is 22.1 Å². The number of methoxy groups -OCH3 is 1. The fourth-order valence-electron chi connectivity index (χ4n) is 3.49. The molecule has 1 fully saturated rings. The Morgan fingerprint density at radius 1 is 1.13 bits per heavy atom. The quantitative estimate of drug-likeness (QED) is 0.199. The molecule has 0 bridgehead atoms. The second-order valence-corrected chi connectivity index (χ2v) is 10.3. The summed E-state index contributed by atoms with van der Waals surface area (Å²) in [6.45, 7) is 2.34. The van der Waals surface area contributed by atoms with Crippen molar-refractivity contribution in [2.24, 2.45) is 4.99 Å². The highest BCUT2D eigenvalue weighted by molar-refractivity contribution is 9.10. The van der Waals surface area contributed by atoms with E-state index in [4.69, 9.17) is 25.8 Å². The summed E-state index contributed by atoms with van der Waals surface area (Å²) in [4.78, 5) is 31.4. The van der Waals surface area contributed by atoms with Gasteiger partial charge in [0.1, 0.15) is 6.61 Å². The highest BCUT2D eigenvalue weighted by Gasteiger charge is 2.30. The zero-order valence-electron chi connectivity index (χ0n) is 20.9. The highest BCUT2D eigenvalue weighted by Crippen LogP contribution is 2.38. The van der Waals surface area contributed by atoms with Crippen LogP contribution in [-0.4, -0.2) is 42.7 Å². The predicted molar refractivity (Wildman–Crippen MR) is 154 cm³/mol. The van der Waals surface area contributed by atoms with Gasteiger partial charge in [0.2, 0.25) is 0 Å². The number of halogens is 2. The van der Waals surface area contributed by atoms with Gasteiger partial charge in [-0.2, -0.15) is 0 Å². The molecule has 7 nitrogen and oxygen atoms in total. The van der Waals surface area contributed by atoms with Crippen molar-refractivity contribution >= 4 is 68.1 Å². The van der Waals surface area contributed by atoms with Gasteiger partial charge in [0.05, 0.1) is 29.9 Å². The number of amidine groups is 1. The Kier molecular flexibility index (Phi) is 9.14. The first-order chi connectivity index (χ1) is 18.3. The largest absolute Gasteiger partial charge is 0.493 e. The summed E-state index contributed by atoms with van der Waals surface area (Å²) in [5.74, 6) is 0.492. The van der Waals surface area contributed by atoms with Crippen LogP contribution >= 0.6 is 39.3 Å². The van der Waals surface area contributed by atoms with E-state index in [1.165, 1.54) is 16.7 Å². The molecule has 0 radical (unpaired) electrons. The van der Waals surface area contributed by atoms with E-state index < -0.39 is 0 Å². The number of thioether (sulfide) groups is 1.